The van der Waals surface area contributed by atoms with Crippen LogP contribution >= 0.6 is 23.4 Å². The van der Waals surface area contributed by atoms with Gasteiger partial charge in [-0.1, -0.05) is 71.9 Å². The number of amides is 2. The molecule has 9 heteroatoms. The molecule has 33 heavy (non-hydrogen) atoms. The molecule has 1 atom stereocenters. The van der Waals surface area contributed by atoms with Crippen LogP contribution in [-0.4, -0.2) is 32.3 Å². The van der Waals surface area contributed by atoms with Crippen LogP contribution in [0.5, 0.6) is 0 Å². The summed E-state index contributed by atoms with van der Waals surface area (Å²) < 4.78 is 1.77. The topological polar surface area (TPSA) is 88.9 Å². The first-order valence-corrected chi connectivity index (χ1v) is 11.7. The van der Waals surface area contributed by atoms with Crippen molar-refractivity contribution in [1.29, 1.82) is 0 Å². The predicted octanol–water partition coefficient (Wildman–Crippen LogP) is 4.84. The number of thioether (sulfide) groups is 1. The lowest BCUT2D eigenvalue weighted by Crippen LogP contribution is -2.28. The molecule has 0 aliphatic rings. The molecule has 168 valence electrons. The minimum atomic E-state index is -0.398. The number of rotatable bonds is 7. The van der Waals surface area contributed by atoms with Crippen LogP contribution in [0.4, 0.5) is 5.69 Å². The Morgan fingerprint density at radius 3 is 2.58 bits per heavy atom. The standard InChI is InChI=1S/C24H22ClN5O2S/c1-15(26-23(32)18-11-5-6-12-19(18)25)22-28-29-24(30(22)2)33-14-21(31)27-20-13-7-9-16-8-3-4-10-17(16)20/h3-13,15H,14H2,1-2H3,(H,26,32)(H,27,31)/t15-/m0/s1. The van der Waals surface area contributed by atoms with E-state index in [-0.39, 0.29) is 17.6 Å². The zero-order valence-corrected chi connectivity index (χ0v) is 19.7. The largest absolute Gasteiger partial charge is 0.342 e. The van der Waals surface area contributed by atoms with Gasteiger partial charge >= 0.3 is 0 Å². The lowest BCUT2D eigenvalue weighted by Gasteiger charge is -2.14. The first kappa shape index (κ1) is 22.8. The van der Waals surface area contributed by atoms with E-state index in [1.54, 1.807) is 35.9 Å². The zero-order chi connectivity index (χ0) is 23.4. The third-order valence-corrected chi connectivity index (χ3v) is 6.47. The minimum absolute atomic E-state index is 0.138. The lowest BCUT2D eigenvalue weighted by atomic mass is 10.1. The highest BCUT2D eigenvalue weighted by Crippen LogP contribution is 2.24. The van der Waals surface area contributed by atoms with Crippen molar-refractivity contribution in [2.75, 3.05) is 11.1 Å². The van der Waals surface area contributed by atoms with Crippen molar-refractivity contribution in [3.8, 4) is 0 Å². The van der Waals surface area contributed by atoms with Crippen LogP contribution in [0, 0.1) is 0 Å². The van der Waals surface area contributed by atoms with Crippen molar-refractivity contribution in [1.82, 2.24) is 20.1 Å². The fourth-order valence-corrected chi connectivity index (χ4v) is 4.40. The Morgan fingerprint density at radius 2 is 1.76 bits per heavy atom. The Hall–Kier alpha value is -3.36. The number of hydrogen-bond acceptors (Lipinski definition) is 5. The lowest BCUT2D eigenvalue weighted by molar-refractivity contribution is -0.113. The van der Waals surface area contributed by atoms with Crippen LogP contribution in [0.15, 0.2) is 71.9 Å². The summed E-state index contributed by atoms with van der Waals surface area (Å²) in [7, 11) is 1.80. The molecule has 0 radical (unpaired) electrons. The molecule has 0 unspecified atom stereocenters. The fourth-order valence-electron chi connectivity index (χ4n) is 3.46. The summed E-state index contributed by atoms with van der Waals surface area (Å²) in [5.74, 6) is 0.323. The molecule has 0 aliphatic carbocycles. The maximum absolute atomic E-state index is 12.6. The van der Waals surface area contributed by atoms with Gasteiger partial charge in [-0.05, 0) is 30.5 Å². The summed E-state index contributed by atoms with van der Waals surface area (Å²) in [6.07, 6.45) is 0. The average Bonchev–Trinajstić information content (AvgIpc) is 3.18. The number of anilines is 1. The van der Waals surface area contributed by atoms with Gasteiger partial charge in [0, 0.05) is 18.1 Å². The summed E-state index contributed by atoms with van der Waals surface area (Å²) in [4.78, 5) is 25.1. The molecule has 4 aromatic rings. The maximum atomic E-state index is 12.6. The average molecular weight is 480 g/mol. The Kier molecular flexibility index (Phi) is 6.96. The first-order chi connectivity index (χ1) is 15.9. The highest BCUT2D eigenvalue weighted by molar-refractivity contribution is 7.99. The SMILES string of the molecule is C[C@H](NC(=O)c1ccccc1Cl)c1nnc(SCC(=O)Nc2cccc3ccccc23)n1C. The van der Waals surface area contributed by atoms with E-state index in [1.165, 1.54) is 11.8 Å². The van der Waals surface area contributed by atoms with Crippen LogP contribution in [0.1, 0.15) is 29.1 Å². The highest BCUT2D eigenvalue weighted by Gasteiger charge is 2.20. The molecule has 4 rings (SSSR count). The van der Waals surface area contributed by atoms with Gasteiger partial charge < -0.3 is 15.2 Å². The molecule has 0 fully saturated rings. The van der Waals surface area contributed by atoms with Gasteiger partial charge in [0.2, 0.25) is 5.91 Å². The third kappa shape index (κ3) is 5.18. The Balaban J connectivity index is 1.38. The van der Waals surface area contributed by atoms with E-state index in [9.17, 15) is 9.59 Å². The predicted molar refractivity (Wildman–Crippen MR) is 132 cm³/mol. The second-order valence-corrected chi connectivity index (χ2v) is 8.79. The first-order valence-electron chi connectivity index (χ1n) is 10.3. The van der Waals surface area contributed by atoms with Crippen LogP contribution in [0.25, 0.3) is 10.8 Å². The summed E-state index contributed by atoms with van der Waals surface area (Å²) in [6, 6.07) is 20.2. The van der Waals surface area contributed by atoms with Gasteiger partial charge in [0.05, 0.1) is 22.4 Å². The quantitative estimate of drug-likeness (QED) is 0.370. The van der Waals surface area contributed by atoms with Gasteiger partial charge in [-0.15, -0.1) is 10.2 Å². The minimum Gasteiger partial charge on any atom is -0.342 e. The number of hydrogen-bond donors (Lipinski definition) is 2. The normalized spacial score (nSPS) is 11.8. The van der Waals surface area contributed by atoms with Gasteiger partial charge in [-0.25, -0.2) is 0 Å². The van der Waals surface area contributed by atoms with E-state index >= 15 is 0 Å². The van der Waals surface area contributed by atoms with E-state index in [0.29, 0.717) is 21.6 Å². The molecule has 0 bridgehead atoms. The van der Waals surface area contributed by atoms with Crippen LogP contribution in [-0.2, 0) is 11.8 Å². The summed E-state index contributed by atoms with van der Waals surface area (Å²) in [6.45, 7) is 1.82. The zero-order valence-electron chi connectivity index (χ0n) is 18.1. The molecular formula is C24H22ClN5O2S. The number of halogens is 1. The number of nitrogens with zero attached hydrogens (tertiary/aromatic N) is 3. The molecule has 2 amide bonds. The summed E-state index contributed by atoms with van der Waals surface area (Å²) in [5.41, 5.74) is 1.17. The van der Waals surface area contributed by atoms with Crippen LogP contribution in [0.3, 0.4) is 0 Å². The van der Waals surface area contributed by atoms with Crippen molar-refractivity contribution in [3.63, 3.8) is 0 Å². The third-order valence-electron chi connectivity index (χ3n) is 5.12. The second kappa shape index (κ2) is 10.1. The van der Waals surface area contributed by atoms with Gasteiger partial charge in [-0.3, -0.25) is 9.59 Å². The molecule has 0 spiro atoms. The van der Waals surface area contributed by atoms with Gasteiger partial charge in [0.25, 0.3) is 5.91 Å². The number of benzene rings is 3. The van der Waals surface area contributed by atoms with Gasteiger partial charge in [0.15, 0.2) is 11.0 Å². The molecule has 0 aliphatic heterocycles. The van der Waals surface area contributed by atoms with E-state index in [4.69, 9.17) is 11.6 Å². The molecular weight excluding hydrogens is 458 g/mol. The molecule has 1 aromatic heterocycles. The second-order valence-electron chi connectivity index (χ2n) is 7.44. The van der Waals surface area contributed by atoms with E-state index in [1.807, 2.05) is 49.4 Å². The van der Waals surface area contributed by atoms with Crippen molar-refractivity contribution >= 4 is 51.6 Å². The highest BCUT2D eigenvalue weighted by atomic mass is 35.5. The number of nitrogens with one attached hydrogen (secondary N) is 2. The molecule has 7 nitrogen and oxygen atoms in total. The van der Waals surface area contributed by atoms with E-state index < -0.39 is 6.04 Å². The van der Waals surface area contributed by atoms with E-state index in [0.717, 1.165) is 16.5 Å². The Labute approximate surface area is 200 Å². The maximum Gasteiger partial charge on any atom is 0.253 e. The summed E-state index contributed by atoms with van der Waals surface area (Å²) in [5, 5.41) is 17.3. The summed E-state index contributed by atoms with van der Waals surface area (Å²) >= 11 is 7.39. The number of fused-ring (bicyclic) bond motifs is 1. The van der Waals surface area contributed by atoms with Crippen LogP contribution in [0.2, 0.25) is 5.02 Å². The number of carbonyl (C=O) groups excluding carboxylic acids is 2. The van der Waals surface area contributed by atoms with Crippen molar-refractivity contribution < 1.29 is 9.59 Å². The number of aromatic nitrogens is 3. The van der Waals surface area contributed by atoms with Crippen LogP contribution < -0.4 is 10.6 Å². The molecule has 0 saturated carbocycles. The Bertz CT molecular complexity index is 1320. The molecule has 1 heterocycles. The van der Waals surface area contributed by atoms with Crippen molar-refractivity contribution in [2.45, 2.75) is 18.1 Å². The smallest absolute Gasteiger partial charge is 0.253 e. The van der Waals surface area contributed by atoms with Gasteiger partial charge in [0.1, 0.15) is 0 Å². The Morgan fingerprint density at radius 1 is 1.03 bits per heavy atom. The van der Waals surface area contributed by atoms with Crippen molar-refractivity contribution in [2.24, 2.45) is 7.05 Å². The van der Waals surface area contributed by atoms with Crippen molar-refractivity contribution in [3.05, 3.63) is 83.1 Å². The van der Waals surface area contributed by atoms with Gasteiger partial charge in [-0.2, -0.15) is 0 Å². The van der Waals surface area contributed by atoms with E-state index in [2.05, 4.69) is 20.8 Å². The monoisotopic (exact) mass is 479 g/mol. The molecule has 0 saturated heterocycles. The number of carbonyl (C=O) groups is 2. The molecule has 3 aromatic carbocycles. The molecule has 2 N–H and O–H groups in total. The fraction of sp³-hybridized carbons (Fsp3) is 0.167.